The number of esters is 1. The Morgan fingerprint density at radius 3 is 2.88 bits per heavy atom. The maximum absolute atomic E-state index is 12.4. The summed E-state index contributed by atoms with van der Waals surface area (Å²) in [7, 11) is 1.32. The smallest absolute Gasteiger partial charge is 0.311 e. The number of benzene rings is 2. The number of hydrogen-bond acceptors (Lipinski definition) is 5. The fourth-order valence-electron chi connectivity index (χ4n) is 3.11. The van der Waals surface area contributed by atoms with Gasteiger partial charge in [-0.15, -0.1) is 0 Å². The third-order valence-corrected chi connectivity index (χ3v) is 4.76. The molecule has 2 heterocycles. The number of hydrogen-bond donors (Lipinski definition) is 0. The molecule has 1 atom stereocenters. The van der Waals surface area contributed by atoms with E-state index in [1.807, 2.05) is 24.3 Å². The molecule has 0 bridgehead atoms. The molecule has 3 aromatic rings. The molecule has 1 unspecified atom stereocenters. The highest BCUT2D eigenvalue weighted by Gasteiger charge is 2.36. The normalized spacial score (nSPS) is 17.1. The molecule has 0 N–H and O–H groups in total. The molecule has 7 heteroatoms. The molecular weight excluding hydrogens is 356 g/mol. The minimum Gasteiger partial charge on any atom is -0.469 e. The average molecular weight is 371 g/mol. The Morgan fingerprint density at radius 1 is 1.31 bits per heavy atom. The first-order valence-corrected chi connectivity index (χ1v) is 8.48. The van der Waals surface area contributed by atoms with Gasteiger partial charge < -0.3 is 14.1 Å². The van der Waals surface area contributed by atoms with Gasteiger partial charge in [0.25, 0.3) is 0 Å². The van der Waals surface area contributed by atoms with Crippen molar-refractivity contribution in [2.24, 2.45) is 5.92 Å². The number of fused-ring (bicyclic) bond motifs is 1. The maximum atomic E-state index is 12.4. The van der Waals surface area contributed by atoms with E-state index in [0.717, 1.165) is 5.52 Å². The molecule has 1 fully saturated rings. The summed E-state index contributed by atoms with van der Waals surface area (Å²) < 4.78 is 10.5. The van der Waals surface area contributed by atoms with Gasteiger partial charge >= 0.3 is 5.97 Å². The quantitative estimate of drug-likeness (QED) is 0.658. The van der Waals surface area contributed by atoms with E-state index in [-0.39, 0.29) is 18.9 Å². The predicted octanol–water partition coefficient (Wildman–Crippen LogP) is 3.67. The van der Waals surface area contributed by atoms with Gasteiger partial charge in [0.15, 0.2) is 5.58 Å². The fraction of sp³-hybridized carbons (Fsp3) is 0.211. The van der Waals surface area contributed by atoms with Crippen LogP contribution in [0.15, 0.2) is 46.9 Å². The molecule has 0 spiro atoms. The first kappa shape index (κ1) is 16.6. The average Bonchev–Trinajstić information content (AvgIpc) is 3.25. The predicted molar refractivity (Wildman–Crippen MR) is 96.9 cm³/mol. The lowest BCUT2D eigenvalue weighted by atomic mass is 10.1. The molecular formula is C19H15ClN2O4. The third-order valence-electron chi connectivity index (χ3n) is 4.44. The first-order valence-electron chi connectivity index (χ1n) is 8.10. The number of aromatic nitrogens is 1. The van der Waals surface area contributed by atoms with E-state index in [2.05, 4.69) is 4.98 Å². The van der Waals surface area contributed by atoms with Crippen molar-refractivity contribution in [3.63, 3.8) is 0 Å². The van der Waals surface area contributed by atoms with E-state index in [4.69, 9.17) is 20.8 Å². The number of anilines is 1. The number of oxazole rings is 1. The Morgan fingerprint density at radius 2 is 2.12 bits per heavy atom. The molecule has 1 amide bonds. The third kappa shape index (κ3) is 2.82. The van der Waals surface area contributed by atoms with Gasteiger partial charge in [0, 0.05) is 18.5 Å². The Kier molecular flexibility index (Phi) is 4.12. The van der Waals surface area contributed by atoms with Crippen LogP contribution >= 0.6 is 11.6 Å². The van der Waals surface area contributed by atoms with E-state index < -0.39 is 11.9 Å². The summed E-state index contributed by atoms with van der Waals surface area (Å²) in [6.45, 7) is 0.238. The van der Waals surface area contributed by atoms with E-state index in [1.165, 1.54) is 12.0 Å². The minimum atomic E-state index is -0.489. The minimum absolute atomic E-state index is 0.107. The topological polar surface area (TPSA) is 72.6 Å². The molecule has 1 aromatic heterocycles. The van der Waals surface area contributed by atoms with Crippen molar-refractivity contribution in [1.82, 2.24) is 4.98 Å². The Labute approximate surface area is 154 Å². The number of halogens is 1. The van der Waals surface area contributed by atoms with Crippen LogP contribution in [0.3, 0.4) is 0 Å². The summed E-state index contributed by atoms with van der Waals surface area (Å²) in [5, 5.41) is 0.420. The van der Waals surface area contributed by atoms with Crippen molar-refractivity contribution >= 4 is 40.3 Å². The number of methoxy groups -OCH3 is 1. The van der Waals surface area contributed by atoms with Gasteiger partial charge in [-0.25, -0.2) is 4.98 Å². The van der Waals surface area contributed by atoms with Crippen molar-refractivity contribution in [1.29, 1.82) is 0 Å². The number of carbonyl (C=O) groups is 2. The van der Waals surface area contributed by atoms with Gasteiger partial charge in [-0.1, -0.05) is 23.7 Å². The monoisotopic (exact) mass is 370 g/mol. The van der Waals surface area contributed by atoms with Gasteiger partial charge in [0.2, 0.25) is 11.8 Å². The maximum Gasteiger partial charge on any atom is 0.311 e. The van der Waals surface area contributed by atoms with E-state index >= 15 is 0 Å². The molecule has 26 heavy (non-hydrogen) atoms. The second kappa shape index (κ2) is 6.46. The van der Waals surface area contributed by atoms with Gasteiger partial charge in [0.05, 0.1) is 23.7 Å². The van der Waals surface area contributed by atoms with Crippen LogP contribution in [0.25, 0.3) is 22.6 Å². The zero-order valence-electron chi connectivity index (χ0n) is 13.9. The van der Waals surface area contributed by atoms with Crippen LogP contribution in [0.1, 0.15) is 6.42 Å². The molecule has 2 aromatic carbocycles. The van der Waals surface area contributed by atoms with Crippen LogP contribution in [-0.2, 0) is 14.3 Å². The standard InChI is InChI=1S/C19H15ClN2O4/c1-25-19(24)12-9-17(23)22(10-12)15-8-11(6-7-13(15)20)18-21-14-4-2-3-5-16(14)26-18/h2-8,12H,9-10H2,1H3. The zero-order chi connectivity index (χ0) is 18.3. The van der Waals surface area contributed by atoms with Crippen LogP contribution in [0.4, 0.5) is 5.69 Å². The molecule has 0 radical (unpaired) electrons. The molecule has 0 aliphatic carbocycles. The van der Waals surface area contributed by atoms with Crippen molar-refractivity contribution in [2.75, 3.05) is 18.6 Å². The summed E-state index contributed by atoms with van der Waals surface area (Å²) in [5.74, 6) is -0.610. The highest BCUT2D eigenvalue weighted by atomic mass is 35.5. The van der Waals surface area contributed by atoms with Gasteiger partial charge in [-0.05, 0) is 30.3 Å². The van der Waals surface area contributed by atoms with Crippen molar-refractivity contribution < 1.29 is 18.7 Å². The van der Waals surface area contributed by atoms with Crippen molar-refractivity contribution in [3.05, 3.63) is 47.5 Å². The summed E-state index contributed by atoms with van der Waals surface area (Å²) in [6, 6.07) is 12.7. The highest BCUT2D eigenvalue weighted by Crippen LogP contribution is 2.35. The summed E-state index contributed by atoms with van der Waals surface area (Å²) >= 11 is 6.31. The van der Waals surface area contributed by atoms with E-state index in [1.54, 1.807) is 18.2 Å². The lowest BCUT2D eigenvalue weighted by Crippen LogP contribution is -2.26. The van der Waals surface area contributed by atoms with Gasteiger partial charge in [-0.3, -0.25) is 9.59 Å². The summed E-state index contributed by atoms with van der Waals surface area (Å²) in [6.07, 6.45) is 0.107. The number of para-hydroxylation sites is 2. The second-order valence-corrected chi connectivity index (χ2v) is 6.49. The van der Waals surface area contributed by atoms with Crippen molar-refractivity contribution in [2.45, 2.75) is 6.42 Å². The number of amides is 1. The highest BCUT2D eigenvalue weighted by molar-refractivity contribution is 6.34. The van der Waals surface area contributed by atoms with Crippen molar-refractivity contribution in [3.8, 4) is 11.5 Å². The van der Waals surface area contributed by atoms with Gasteiger partial charge in [-0.2, -0.15) is 0 Å². The second-order valence-electron chi connectivity index (χ2n) is 6.08. The molecule has 4 rings (SSSR count). The Hall–Kier alpha value is -2.86. The SMILES string of the molecule is COC(=O)C1CC(=O)N(c2cc(-c3nc4ccccc4o3)ccc2Cl)C1. The molecule has 1 aliphatic heterocycles. The number of ether oxygens (including phenoxy) is 1. The Bertz CT molecular complexity index is 981. The van der Waals surface area contributed by atoms with E-state index in [9.17, 15) is 9.59 Å². The van der Waals surface area contributed by atoms with Crippen LogP contribution in [0.2, 0.25) is 5.02 Å². The van der Waals surface area contributed by atoms with Crippen LogP contribution in [0, 0.1) is 5.92 Å². The lowest BCUT2D eigenvalue weighted by molar-refractivity contribution is -0.145. The molecule has 6 nitrogen and oxygen atoms in total. The number of rotatable bonds is 3. The summed E-state index contributed by atoms with van der Waals surface area (Å²) in [4.78, 5) is 30.1. The van der Waals surface area contributed by atoms with Gasteiger partial charge in [0.1, 0.15) is 5.52 Å². The lowest BCUT2D eigenvalue weighted by Gasteiger charge is -2.18. The molecule has 1 aliphatic rings. The number of carbonyl (C=O) groups excluding carboxylic acids is 2. The molecule has 132 valence electrons. The largest absolute Gasteiger partial charge is 0.469 e. The number of nitrogens with zero attached hydrogens (tertiary/aromatic N) is 2. The molecule has 1 saturated heterocycles. The van der Waals surface area contributed by atoms with Crippen LogP contribution in [0.5, 0.6) is 0 Å². The Balaban J connectivity index is 1.70. The van der Waals surface area contributed by atoms with Crippen LogP contribution in [-0.4, -0.2) is 30.5 Å². The van der Waals surface area contributed by atoms with Crippen LogP contribution < -0.4 is 4.90 Å². The zero-order valence-corrected chi connectivity index (χ0v) is 14.7. The molecule has 0 saturated carbocycles. The summed E-state index contributed by atoms with van der Waals surface area (Å²) in [5.41, 5.74) is 2.67. The first-order chi connectivity index (χ1) is 12.6. The van der Waals surface area contributed by atoms with E-state index in [0.29, 0.717) is 27.7 Å². The fourth-order valence-corrected chi connectivity index (χ4v) is 3.33.